The van der Waals surface area contributed by atoms with E-state index in [1.54, 1.807) is 6.07 Å². The maximum atomic E-state index is 10.7. The third kappa shape index (κ3) is 3.34. The quantitative estimate of drug-likeness (QED) is 0.892. The monoisotopic (exact) mass is 282 g/mol. The molecule has 0 radical (unpaired) electrons. The Morgan fingerprint density at radius 2 is 2.19 bits per heavy atom. The van der Waals surface area contributed by atoms with E-state index >= 15 is 0 Å². The van der Waals surface area contributed by atoms with Gasteiger partial charge in [0.1, 0.15) is 17.6 Å². The molecule has 21 heavy (non-hydrogen) atoms. The Kier molecular flexibility index (Phi) is 4.14. The van der Waals surface area contributed by atoms with Gasteiger partial charge in [-0.2, -0.15) is 5.26 Å². The van der Waals surface area contributed by atoms with Crippen molar-refractivity contribution in [3.05, 3.63) is 52.5 Å². The Morgan fingerprint density at radius 1 is 1.43 bits per heavy atom. The molecule has 6 heteroatoms. The normalized spacial score (nSPS) is 9.95. The van der Waals surface area contributed by atoms with Crippen LogP contribution in [0.1, 0.15) is 32.9 Å². The standard InChI is InChI=1S/C15H14N4O2/c1-9-5-10(2)19-14(12(9)6-16)18-8-11-3-4-13(15(20)21)17-7-11/h3-5,7H,8H2,1-2H3,(H,18,19)(H,20,21). The number of nitriles is 1. The summed E-state index contributed by atoms with van der Waals surface area (Å²) >= 11 is 0. The van der Waals surface area contributed by atoms with Crippen molar-refractivity contribution in [3.63, 3.8) is 0 Å². The van der Waals surface area contributed by atoms with Crippen LogP contribution in [0.2, 0.25) is 0 Å². The van der Waals surface area contributed by atoms with Crippen LogP contribution in [0.4, 0.5) is 5.82 Å². The van der Waals surface area contributed by atoms with Crippen LogP contribution in [0.25, 0.3) is 0 Å². The summed E-state index contributed by atoms with van der Waals surface area (Å²) in [5.41, 5.74) is 3.02. The van der Waals surface area contributed by atoms with Crippen LogP contribution in [-0.2, 0) is 6.54 Å². The Hall–Kier alpha value is -2.94. The average molecular weight is 282 g/mol. The van der Waals surface area contributed by atoms with E-state index in [2.05, 4.69) is 21.4 Å². The zero-order chi connectivity index (χ0) is 15.4. The van der Waals surface area contributed by atoms with Crippen LogP contribution in [0.15, 0.2) is 24.4 Å². The topological polar surface area (TPSA) is 98.9 Å². The van der Waals surface area contributed by atoms with Crippen LogP contribution >= 0.6 is 0 Å². The molecule has 0 atom stereocenters. The van der Waals surface area contributed by atoms with Gasteiger partial charge in [0.05, 0.1) is 5.56 Å². The molecule has 2 aromatic rings. The third-order valence-corrected chi connectivity index (χ3v) is 2.96. The van der Waals surface area contributed by atoms with E-state index in [1.807, 2.05) is 19.9 Å². The molecule has 0 saturated heterocycles. The number of hydrogen-bond donors (Lipinski definition) is 2. The highest BCUT2D eigenvalue weighted by atomic mass is 16.4. The number of nitrogens with one attached hydrogen (secondary N) is 1. The van der Waals surface area contributed by atoms with E-state index in [0.717, 1.165) is 16.8 Å². The molecular weight excluding hydrogens is 268 g/mol. The summed E-state index contributed by atoms with van der Waals surface area (Å²) in [4.78, 5) is 18.9. The van der Waals surface area contributed by atoms with Crippen LogP contribution in [-0.4, -0.2) is 21.0 Å². The molecule has 0 spiro atoms. The molecule has 0 unspecified atom stereocenters. The maximum absolute atomic E-state index is 10.7. The second kappa shape index (κ2) is 6.01. The molecule has 0 aliphatic heterocycles. The number of aromatic nitrogens is 2. The van der Waals surface area contributed by atoms with Crippen molar-refractivity contribution in [2.24, 2.45) is 0 Å². The Labute approximate surface area is 122 Å². The van der Waals surface area contributed by atoms with E-state index in [0.29, 0.717) is 17.9 Å². The molecule has 0 saturated carbocycles. The van der Waals surface area contributed by atoms with Crippen molar-refractivity contribution in [3.8, 4) is 6.07 Å². The number of carboxylic acid groups (broad SMARTS) is 1. The number of anilines is 1. The van der Waals surface area contributed by atoms with Gasteiger partial charge in [-0.3, -0.25) is 0 Å². The van der Waals surface area contributed by atoms with Gasteiger partial charge in [-0.05, 0) is 37.1 Å². The highest BCUT2D eigenvalue weighted by Crippen LogP contribution is 2.18. The van der Waals surface area contributed by atoms with Gasteiger partial charge in [0, 0.05) is 18.4 Å². The molecule has 2 N–H and O–H groups in total. The predicted octanol–water partition coefficient (Wildman–Crippen LogP) is 2.28. The number of carbonyl (C=O) groups is 1. The van der Waals surface area contributed by atoms with Crippen molar-refractivity contribution in [2.75, 3.05) is 5.32 Å². The minimum Gasteiger partial charge on any atom is -0.477 e. The Bertz CT molecular complexity index is 718. The molecule has 0 aromatic carbocycles. The van der Waals surface area contributed by atoms with Gasteiger partial charge in [0.25, 0.3) is 0 Å². The molecule has 6 nitrogen and oxygen atoms in total. The number of carboxylic acids is 1. The van der Waals surface area contributed by atoms with Crippen LogP contribution in [0.3, 0.4) is 0 Å². The molecule has 0 aliphatic carbocycles. The average Bonchev–Trinajstić information content (AvgIpc) is 2.45. The first kappa shape index (κ1) is 14.5. The summed E-state index contributed by atoms with van der Waals surface area (Å²) < 4.78 is 0. The number of rotatable bonds is 4. The fourth-order valence-corrected chi connectivity index (χ4v) is 1.95. The van der Waals surface area contributed by atoms with Gasteiger partial charge < -0.3 is 10.4 Å². The van der Waals surface area contributed by atoms with E-state index < -0.39 is 5.97 Å². The largest absolute Gasteiger partial charge is 0.477 e. The summed E-state index contributed by atoms with van der Waals surface area (Å²) in [5, 5.41) is 21.1. The van der Waals surface area contributed by atoms with Gasteiger partial charge in [-0.1, -0.05) is 6.07 Å². The fourth-order valence-electron chi connectivity index (χ4n) is 1.95. The number of pyridine rings is 2. The summed E-state index contributed by atoms with van der Waals surface area (Å²) in [7, 11) is 0. The molecule has 0 amide bonds. The van der Waals surface area contributed by atoms with E-state index in [9.17, 15) is 10.1 Å². The SMILES string of the molecule is Cc1cc(C)c(C#N)c(NCc2ccc(C(=O)O)nc2)n1. The first-order chi connectivity index (χ1) is 10.0. The molecular formula is C15H14N4O2. The van der Waals surface area contributed by atoms with Crippen molar-refractivity contribution < 1.29 is 9.90 Å². The second-order valence-corrected chi connectivity index (χ2v) is 4.63. The summed E-state index contributed by atoms with van der Waals surface area (Å²) in [5.74, 6) is -0.533. The van der Waals surface area contributed by atoms with Crippen LogP contribution < -0.4 is 5.32 Å². The molecule has 0 aliphatic rings. The Morgan fingerprint density at radius 3 is 2.76 bits per heavy atom. The number of aryl methyl sites for hydroxylation is 2. The molecule has 106 valence electrons. The highest BCUT2D eigenvalue weighted by Gasteiger charge is 2.09. The van der Waals surface area contributed by atoms with Crippen LogP contribution in [0.5, 0.6) is 0 Å². The van der Waals surface area contributed by atoms with Gasteiger partial charge in [-0.25, -0.2) is 14.8 Å². The fraction of sp³-hybridized carbons (Fsp3) is 0.200. The predicted molar refractivity (Wildman–Crippen MR) is 76.9 cm³/mol. The summed E-state index contributed by atoms with van der Waals surface area (Å²) in [6, 6.07) is 7.11. The highest BCUT2D eigenvalue weighted by molar-refractivity contribution is 5.85. The lowest BCUT2D eigenvalue weighted by Crippen LogP contribution is -2.07. The minimum atomic E-state index is -1.06. The zero-order valence-corrected chi connectivity index (χ0v) is 11.7. The van der Waals surface area contributed by atoms with Crippen molar-refractivity contribution >= 4 is 11.8 Å². The second-order valence-electron chi connectivity index (χ2n) is 4.63. The molecule has 0 fully saturated rings. The molecule has 2 rings (SSSR count). The third-order valence-electron chi connectivity index (χ3n) is 2.96. The number of aromatic carboxylic acids is 1. The van der Waals surface area contributed by atoms with Gasteiger partial charge in [0.15, 0.2) is 0 Å². The van der Waals surface area contributed by atoms with E-state index in [1.165, 1.54) is 12.3 Å². The van der Waals surface area contributed by atoms with Gasteiger partial charge in [-0.15, -0.1) is 0 Å². The first-order valence-electron chi connectivity index (χ1n) is 6.31. The van der Waals surface area contributed by atoms with Gasteiger partial charge in [0.2, 0.25) is 0 Å². The number of hydrogen-bond acceptors (Lipinski definition) is 5. The van der Waals surface area contributed by atoms with Crippen molar-refractivity contribution in [1.82, 2.24) is 9.97 Å². The van der Waals surface area contributed by atoms with Gasteiger partial charge >= 0.3 is 5.97 Å². The van der Waals surface area contributed by atoms with E-state index in [4.69, 9.17) is 5.11 Å². The smallest absolute Gasteiger partial charge is 0.354 e. The summed E-state index contributed by atoms with van der Waals surface area (Å²) in [6.07, 6.45) is 1.49. The first-order valence-corrected chi connectivity index (χ1v) is 6.31. The van der Waals surface area contributed by atoms with E-state index in [-0.39, 0.29) is 5.69 Å². The molecule has 2 aromatic heterocycles. The lowest BCUT2D eigenvalue weighted by atomic mass is 10.1. The zero-order valence-electron chi connectivity index (χ0n) is 11.7. The van der Waals surface area contributed by atoms with Crippen LogP contribution in [0, 0.1) is 25.2 Å². The maximum Gasteiger partial charge on any atom is 0.354 e. The number of nitrogens with zero attached hydrogens (tertiary/aromatic N) is 3. The van der Waals surface area contributed by atoms with Crippen molar-refractivity contribution in [1.29, 1.82) is 5.26 Å². The molecule has 2 heterocycles. The minimum absolute atomic E-state index is 0.000916. The summed E-state index contributed by atoms with van der Waals surface area (Å²) in [6.45, 7) is 4.14. The molecule has 0 bridgehead atoms. The Balaban J connectivity index is 2.17. The lowest BCUT2D eigenvalue weighted by Gasteiger charge is -2.10. The lowest BCUT2D eigenvalue weighted by molar-refractivity contribution is 0.0690. The van der Waals surface area contributed by atoms with Crippen molar-refractivity contribution in [2.45, 2.75) is 20.4 Å².